The lowest BCUT2D eigenvalue weighted by atomic mass is 9.87. The van der Waals surface area contributed by atoms with Crippen LogP contribution in [-0.2, 0) is 5.41 Å². The summed E-state index contributed by atoms with van der Waals surface area (Å²) in [6.07, 6.45) is 4.00. The van der Waals surface area contributed by atoms with Crippen LogP contribution in [0.3, 0.4) is 0 Å². The molecule has 3 rings (SSSR count). The number of fused-ring (bicyclic) bond motifs is 1. The van der Waals surface area contributed by atoms with E-state index in [0.717, 1.165) is 16.8 Å². The van der Waals surface area contributed by atoms with Crippen molar-refractivity contribution < 1.29 is 0 Å². The van der Waals surface area contributed by atoms with Crippen LogP contribution in [0.4, 0.5) is 5.69 Å². The molecule has 1 aromatic carbocycles. The molecule has 0 saturated heterocycles. The van der Waals surface area contributed by atoms with E-state index < -0.39 is 0 Å². The second-order valence-corrected chi connectivity index (χ2v) is 7.96. The van der Waals surface area contributed by atoms with Crippen molar-refractivity contribution in [2.24, 2.45) is 10.9 Å². The molecule has 0 amide bonds. The first-order chi connectivity index (χ1) is 9.52. The van der Waals surface area contributed by atoms with Crippen molar-refractivity contribution in [3.05, 3.63) is 29.8 Å². The molecule has 108 valence electrons. The molecule has 0 radical (unpaired) electrons. The zero-order valence-corrected chi connectivity index (χ0v) is 13.5. The Morgan fingerprint density at radius 1 is 1.15 bits per heavy atom. The third-order valence-corrected chi connectivity index (χ3v) is 5.41. The van der Waals surface area contributed by atoms with E-state index >= 15 is 0 Å². The van der Waals surface area contributed by atoms with E-state index in [4.69, 9.17) is 4.99 Å². The Morgan fingerprint density at radius 3 is 2.60 bits per heavy atom. The molecule has 2 aliphatic rings. The highest BCUT2D eigenvalue weighted by atomic mass is 32.2. The van der Waals surface area contributed by atoms with E-state index in [1.807, 2.05) is 11.8 Å². The second kappa shape index (κ2) is 5.44. The molecule has 1 fully saturated rings. The van der Waals surface area contributed by atoms with Crippen LogP contribution in [0.2, 0.25) is 0 Å². The summed E-state index contributed by atoms with van der Waals surface area (Å²) in [5.41, 5.74) is 2.74. The topological polar surface area (TPSA) is 24.4 Å². The quantitative estimate of drug-likeness (QED) is 0.812. The first-order valence-corrected chi connectivity index (χ1v) is 8.59. The molecule has 1 saturated carbocycles. The fraction of sp³-hybridized carbons (Fsp3) is 0.588. The van der Waals surface area contributed by atoms with E-state index in [0.29, 0.717) is 6.04 Å². The van der Waals surface area contributed by atoms with Gasteiger partial charge in [-0.2, -0.15) is 0 Å². The molecule has 2 nitrogen and oxygen atoms in total. The maximum atomic E-state index is 4.88. The first kappa shape index (κ1) is 14.0. The number of thioether (sulfide) groups is 1. The van der Waals surface area contributed by atoms with Crippen LogP contribution in [0.1, 0.15) is 45.6 Å². The van der Waals surface area contributed by atoms with Crippen LogP contribution >= 0.6 is 11.8 Å². The zero-order valence-electron chi connectivity index (χ0n) is 12.6. The summed E-state index contributed by atoms with van der Waals surface area (Å²) in [6, 6.07) is 9.35. The Morgan fingerprint density at radius 2 is 1.90 bits per heavy atom. The lowest BCUT2D eigenvalue weighted by Gasteiger charge is -2.24. The number of hydrogen-bond acceptors (Lipinski definition) is 3. The molecule has 1 heterocycles. The first-order valence-electron chi connectivity index (χ1n) is 7.60. The SMILES string of the molecule is CC(C)(C)c1ccc(NC2=NC3CCCC3CS2)cc1. The third-order valence-electron chi connectivity index (χ3n) is 4.34. The van der Waals surface area contributed by atoms with Gasteiger partial charge in [-0.15, -0.1) is 0 Å². The molecule has 1 aliphatic carbocycles. The van der Waals surface area contributed by atoms with Crippen LogP contribution in [0.5, 0.6) is 0 Å². The molecular weight excluding hydrogens is 264 g/mol. The third kappa shape index (κ3) is 3.03. The Labute approximate surface area is 126 Å². The van der Waals surface area contributed by atoms with Gasteiger partial charge in [-0.1, -0.05) is 51.1 Å². The summed E-state index contributed by atoms with van der Waals surface area (Å²) in [4.78, 5) is 4.88. The Balaban J connectivity index is 1.69. The van der Waals surface area contributed by atoms with Gasteiger partial charge in [0.2, 0.25) is 0 Å². The van der Waals surface area contributed by atoms with Crippen molar-refractivity contribution in [1.29, 1.82) is 0 Å². The van der Waals surface area contributed by atoms with Gasteiger partial charge in [-0.05, 0) is 41.9 Å². The monoisotopic (exact) mass is 288 g/mol. The summed E-state index contributed by atoms with van der Waals surface area (Å²) in [5.74, 6) is 2.06. The minimum atomic E-state index is 0.215. The van der Waals surface area contributed by atoms with E-state index in [1.165, 1.54) is 30.6 Å². The van der Waals surface area contributed by atoms with Gasteiger partial charge in [-0.25, -0.2) is 0 Å². The average molecular weight is 288 g/mol. The van der Waals surface area contributed by atoms with Gasteiger partial charge < -0.3 is 5.32 Å². The standard InChI is InChI=1S/C17H24N2S/c1-17(2,3)13-7-9-14(10-8-13)18-16-19-15-6-4-5-12(15)11-20-16/h7-10,12,15H,4-6,11H2,1-3H3,(H,18,19). The maximum absolute atomic E-state index is 4.88. The smallest absolute Gasteiger partial charge is 0.161 e. The number of rotatable bonds is 1. The van der Waals surface area contributed by atoms with E-state index in [9.17, 15) is 0 Å². The second-order valence-electron chi connectivity index (χ2n) is 6.96. The van der Waals surface area contributed by atoms with Crippen molar-refractivity contribution in [1.82, 2.24) is 0 Å². The maximum Gasteiger partial charge on any atom is 0.161 e. The molecule has 2 unspecified atom stereocenters. The minimum absolute atomic E-state index is 0.215. The summed E-state index contributed by atoms with van der Waals surface area (Å²) < 4.78 is 0. The average Bonchev–Trinajstić information content (AvgIpc) is 2.86. The number of nitrogens with one attached hydrogen (secondary N) is 1. The molecule has 3 heteroatoms. The van der Waals surface area contributed by atoms with E-state index in [-0.39, 0.29) is 5.41 Å². The number of aliphatic imine (C=N–C) groups is 1. The molecule has 0 spiro atoms. The lowest BCUT2D eigenvalue weighted by Crippen LogP contribution is -2.25. The number of amidine groups is 1. The van der Waals surface area contributed by atoms with Crippen LogP contribution in [-0.4, -0.2) is 17.0 Å². The van der Waals surface area contributed by atoms with Gasteiger partial charge in [0.15, 0.2) is 5.17 Å². The summed E-state index contributed by atoms with van der Waals surface area (Å²) in [6.45, 7) is 6.74. The molecule has 1 aromatic rings. The highest BCUT2D eigenvalue weighted by Gasteiger charge is 2.30. The lowest BCUT2D eigenvalue weighted by molar-refractivity contribution is 0.535. The minimum Gasteiger partial charge on any atom is -0.335 e. The van der Waals surface area contributed by atoms with Gasteiger partial charge in [0.1, 0.15) is 0 Å². The normalized spacial score (nSPS) is 26.1. The zero-order chi connectivity index (χ0) is 14.2. The molecule has 2 atom stereocenters. The highest BCUT2D eigenvalue weighted by Crippen LogP contribution is 2.35. The van der Waals surface area contributed by atoms with Crippen molar-refractivity contribution in [2.75, 3.05) is 11.1 Å². The van der Waals surface area contributed by atoms with Gasteiger partial charge in [0.05, 0.1) is 6.04 Å². The fourth-order valence-electron chi connectivity index (χ4n) is 3.00. The molecule has 1 N–H and O–H groups in total. The van der Waals surface area contributed by atoms with Crippen molar-refractivity contribution >= 4 is 22.6 Å². The predicted molar refractivity (Wildman–Crippen MR) is 89.8 cm³/mol. The van der Waals surface area contributed by atoms with Crippen LogP contribution in [0.15, 0.2) is 29.3 Å². The Kier molecular flexibility index (Phi) is 3.80. The van der Waals surface area contributed by atoms with E-state index in [2.05, 4.69) is 50.4 Å². The molecule has 0 aromatic heterocycles. The summed E-state index contributed by atoms with van der Waals surface area (Å²) in [5, 5.41) is 4.59. The van der Waals surface area contributed by atoms with E-state index in [1.54, 1.807) is 0 Å². The van der Waals surface area contributed by atoms with Crippen LogP contribution in [0, 0.1) is 5.92 Å². The van der Waals surface area contributed by atoms with Gasteiger partial charge >= 0.3 is 0 Å². The fourth-order valence-corrected chi connectivity index (χ4v) is 4.16. The predicted octanol–water partition coefficient (Wildman–Crippen LogP) is 4.67. The van der Waals surface area contributed by atoms with Crippen LogP contribution in [0.25, 0.3) is 0 Å². The highest BCUT2D eigenvalue weighted by molar-refractivity contribution is 8.14. The largest absolute Gasteiger partial charge is 0.335 e. The summed E-state index contributed by atoms with van der Waals surface area (Å²) >= 11 is 1.88. The number of benzene rings is 1. The number of nitrogens with zero attached hydrogens (tertiary/aromatic N) is 1. The number of anilines is 1. The van der Waals surface area contributed by atoms with Gasteiger partial charge in [0.25, 0.3) is 0 Å². The number of hydrogen-bond donors (Lipinski definition) is 1. The van der Waals surface area contributed by atoms with Crippen molar-refractivity contribution in [2.45, 2.75) is 51.5 Å². The van der Waals surface area contributed by atoms with Gasteiger partial charge in [0, 0.05) is 11.4 Å². The molecule has 0 bridgehead atoms. The summed E-state index contributed by atoms with van der Waals surface area (Å²) in [7, 11) is 0. The van der Waals surface area contributed by atoms with Crippen LogP contribution < -0.4 is 5.32 Å². The van der Waals surface area contributed by atoms with Gasteiger partial charge in [-0.3, -0.25) is 4.99 Å². The Hall–Kier alpha value is -0.960. The van der Waals surface area contributed by atoms with Crippen molar-refractivity contribution in [3.63, 3.8) is 0 Å². The molecule has 1 aliphatic heterocycles. The molecule has 20 heavy (non-hydrogen) atoms. The molecular formula is C17H24N2S. The Bertz CT molecular complexity index is 499. The van der Waals surface area contributed by atoms with Crippen molar-refractivity contribution in [3.8, 4) is 0 Å².